The monoisotopic (exact) mass is 931 g/mol. The molecule has 0 aromatic heterocycles. The normalized spacial score (nSPS) is 25.6. The molecule has 7 rings (SSSR count). The largest absolute Gasteiger partial charge is 0.489 e. The van der Waals surface area contributed by atoms with E-state index in [2.05, 4.69) is 134 Å². The molecule has 4 aliphatic rings. The van der Waals surface area contributed by atoms with Crippen LogP contribution in [0.2, 0.25) is 0 Å². The van der Waals surface area contributed by atoms with E-state index in [1.807, 2.05) is 0 Å². The Morgan fingerprint density at radius 3 is 2.18 bits per heavy atom. The maximum atomic E-state index is 13.2. The molecule has 4 fully saturated rings. The van der Waals surface area contributed by atoms with Gasteiger partial charge in [-0.05, 0) is 168 Å². The van der Waals surface area contributed by atoms with E-state index < -0.39 is 0 Å². The molecule has 0 unspecified atom stereocenters. The summed E-state index contributed by atoms with van der Waals surface area (Å²) in [6.45, 7) is 11.4. The highest BCUT2D eigenvalue weighted by molar-refractivity contribution is 14.1. The molecule has 234 valence electrons. The molecule has 0 spiro atoms. The Bertz CT molecular complexity index is 1500. The van der Waals surface area contributed by atoms with Crippen LogP contribution in [0.3, 0.4) is 0 Å². The lowest BCUT2D eigenvalue weighted by Crippen LogP contribution is -3.61. The Labute approximate surface area is 300 Å². The molecule has 3 aromatic rings. The number of esters is 1. The second-order valence-electron chi connectivity index (χ2n) is 14.2. The second kappa shape index (κ2) is 13.2. The van der Waals surface area contributed by atoms with Crippen molar-refractivity contribution < 1.29 is 40.2 Å². The molecule has 4 nitrogen and oxygen atoms in total. The van der Waals surface area contributed by atoms with Crippen molar-refractivity contribution in [2.75, 3.05) is 6.61 Å². The second-order valence-corrected chi connectivity index (χ2v) is 19.5. The van der Waals surface area contributed by atoms with Gasteiger partial charge in [-0.25, -0.2) is 4.79 Å². The van der Waals surface area contributed by atoms with Gasteiger partial charge in [0.25, 0.3) is 0 Å². The van der Waals surface area contributed by atoms with Crippen LogP contribution >= 0.6 is 45.2 Å². The minimum Gasteiger partial charge on any atom is -0.489 e. The summed E-state index contributed by atoms with van der Waals surface area (Å²) in [7, 11) is 0. The Kier molecular flexibility index (Phi) is 9.85. The Morgan fingerprint density at radius 2 is 1.57 bits per heavy atom. The van der Waals surface area contributed by atoms with E-state index in [0.717, 1.165) is 30.3 Å². The van der Waals surface area contributed by atoms with Gasteiger partial charge in [0.1, 0.15) is 23.7 Å². The van der Waals surface area contributed by atoms with Crippen molar-refractivity contribution in [3.63, 3.8) is 0 Å². The first-order chi connectivity index (χ1) is 20.9. The molecule has 0 N–H and O–H groups in total. The minimum absolute atomic E-state index is 0.0836. The van der Waals surface area contributed by atoms with Crippen molar-refractivity contribution in [2.45, 2.75) is 84.3 Å². The zero-order valence-corrected chi connectivity index (χ0v) is 32.7. The number of carbonyl (C=O) groups excluding carboxylic acids is 1. The SMILES string of the molecule is Cc1cc(OCc2cc(I)cc(I)c2OCC(=O)OC2(C)C3CC4CC(C3)CC2C4)ccc1[I+]c1ccc(C(C)(C)C)cc1. The summed E-state index contributed by atoms with van der Waals surface area (Å²) in [4.78, 5) is 13.2. The number of aryl methyl sites for hydroxylation is 1. The molecule has 0 atom stereocenters. The Balaban J connectivity index is 1.08. The van der Waals surface area contributed by atoms with Crippen molar-refractivity contribution in [1.82, 2.24) is 0 Å². The van der Waals surface area contributed by atoms with Crippen LogP contribution in [-0.4, -0.2) is 18.2 Å². The topological polar surface area (TPSA) is 44.8 Å². The number of rotatable bonds is 9. The molecule has 7 heteroatoms. The van der Waals surface area contributed by atoms with Crippen LogP contribution in [0.1, 0.15) is 76.5 Å². The maximum absolute atomic E-state index is 13.2. The first-order valence-electron chi connectivity index (χ1n) is 15.7. The van der Waals surface area contributed by atoms with Crippen molar-refractivity contribution in [3.8, 4) is 11.5 Å². The summed E-state index contributed by atoms with van der Waals surface area (Å²) >= 11 is 4.35. The van der Waals surface area contributed by atoms with E-state index >= 15 is 0 Å². The van der Waals surface area contributed by atoms with Gasteiger partial charge in [-0.1, -0.05) is 32.9 Å². The fraction of sp³-hybridized carbons (Fsp3) is 0.486. The van der Waals surface area contributed by atoms with Gasteiger partial charge in [-0.3, -0.25) is 0 Å². The predicted octanol–water partition coefficient (Wildman–Crippen LogP) is 6.35. The highest BCUT2D eigenvalue weighted by atomic mass is 127. The predicted molar refractivity (Wildman–Crippen MR) is 187 cm³/mol. The minimum atomic E-state index is -0.346. The fourth-order valence-corrected chi connectivity index (χ4v) is 12.1. The molecule has 0 heterocycles. The lowest BCUT2D eigenvalue weighted by atomic mass is 9.50. The van der Waals surface area contributed by atoms with Crippen LogP contribution in [0.25, 0.3) is 0 Å². The molecule has 44 heavy (non-hydrogen) atoms. The van der Waals surface area contributed by atoms with Crippen molar-refractivity contribution in [1.29, 1.82) is 0 Å². The van der Waals surface area contributed by atoms with Crippen molar-refractivity contribution in [3.05, 3.63) is 85.6 Å². The molecule has 0 aliphatic heterocycles. The zero-order chi connectivity index (χ0) is 31.2. The van der Waals surface area contributed by atoms with E-state index in [1.54, 1.807) is 0 Å². The number of hydrogen-bond acceptors (Lipinski definition) is 4. The highest BCUT2D eigenvalue weighted by Gasteiger charge is 2.57. The van der Waals surface area contributed by atoms with Gasteiger partial charge in [-0.15, -0.1) is 0 Å². The first-order valence-corrected chi connectivity index (χ1v) is 20.0. The Hall–Kier alpha value is -1.08. The number of hydrogen-bond donors (Lipinski definition) is 0. The molecule has 0 radical (unpaired) electrons. The summed E-state index contributed by atoms with van der Waals surface area (Å²) in [6, 6.07) is 19.7. The van der Waals surface area contributed by atoms with E-state index in [1.165, 1.54) is 50.4 Å². The Morgan fingerprint density at radius 1 is 0.909 bits per heavy atom. The molecule has 0 saturated heterocycles. The van der Waals surface area contributed by atoms with Gasteiger partial charge in [-0.2, -0.15) is 0 Å². The van der Waals surface area contributed by atoms with Gasteiger partial charge in [0.15, 0.2) is 13.7 Å². The number of halogens is 3. The van der Waals surface area contributed by atoms with Crippen molar-refractivity contribution in [2.24, 2.45) is 23.7 Å². The van der Waals surface area contributed by atoms with Crippen LogP contribution in [-0.2, 0) is 21.6 Å². The molecule has 4 bridgehead atoms. The maximum Gasteiger partial charge on any atom is 0.358 e. The summed E-state index contributed by atoms with van der Waals surface area (Å²) in [6.07, 6.45) is 6.22. The van der Waals surface area contributed by atoms with Crippen molar-refractivity contribution >= 4 is 51.2 Å². The van der Waals surface area contributed by atoms with E-state index in [4.69, 9.17) is 14.2 Å². The number of ether oxygens (including phenoxy) is 3. The van der Waals surface area contributed by atoms with Gasteiger partial charge in [0.05, 0.1) is 3.57 Å². The van der Waals surface area contributed by atoms with Crippen LogP contribution in [0.5, 0.6) is 11.5 Å². The lowest BCUT2D eigenvalue weighted by molar-refractivity contribution is -0.598. The molecule has 4 saturated carbocycles. The van der Waals surface area contributed by atoms with Gasteiger partial charge in [0, 0.05) is 14.7 Å². The van der Waals surface area contributed by atoms with Gasteiger partial charge < -0.3 is 14.2 Å². The quantitative estimate of drug-likeness (QED) is 0.186. The van der Waals surface area contributed by atoms with Crippen LogP contribution in [0.15, 0.2) is 54.6 Å². The molecule has 4 aliphatic carbocycles. The average Bonchev–Trinajstić information content (AvgIpc) is 2.95. The third-order valence-corrected chi connectivity index (χ3v) is 14.5. The summed E-state index contributed by atoms with van der Waals surface area (Å²) < 4.78 is 23.6. The molecule has 3 aromatic carbocycles. The number of benzene rings is 3. The smallest absolute Gasteiger partial charge is 0.358 e. The fourth-order valence-electron chi connectivity index (χ4n) is 7.68. The molecular formula is C37H42I3O4+. The van der Waals surface area contributed by atoms with Crippen LogP contribution in [0, 0.1) is 44.9 Å². The molecule has 0 amide bonds. The third-order valence-electron chi connectivity index (χ3n) is 9.96. The first kappa shape index (κ1) is 32.8. The van der Waals surface area contributed by atoms with E-state index in [9.17, 15) is 4.79 Å². The van der Waals surface area contributed by atoms with E-state index in [0.29, 0.717) is 24.2 Å². The zero-order valence-electron chi connectivity index (χ0n) is 26.2. The van der Waals surface area contributed by atoms with Gasteiger partial charge in [0.2, 0.25) is 0 Å². The number of carbonyl (C=O) groups is 1. The van der Waals surface area contributed by atoms with Crippen LogP contribution in [0.4, 0.5) is 0 Å². The summed E-state index contributed by atoms with van der Waals surface area (Å²) in [5.74, 6) is 3.95. The standard InChI is InChI=1S/C37H42I3O4/c1-22-12-31(10-11-33(22)40-30-8-6-26(7-9-30)36(2,3)4)42-20-25-18-29(38)19-32(39)35(25)43-21-34(41)44-37(5)27-14-23-13-24(16-27)17-28(37)15-23/h6-12,18-19,23-24,27-28H,13-17,20-21H2,1-5H3/q+1. The summed E-state index contributed by atoms with van der Waals surface area (Å²) in [5, 5.41) is 0. The highest BCUT2D eigenvalue weighted by Crippen LogP contribution is 2.59. The van der Waals surface area contributed by atoms with Crippen LogP contribution < -0.4 is 30.7 Å². The van der Waals surface area contributed by atoms with Gasteiger partial charge >= 0.3 is 27.2 Å². The summed E-state index contributed by atoms with van der Waals surface area (Å²) in [5.41, 5.74) is 3.38. The van der Waals surface area contributed by atoms with E-state index in [-0.39, 0.29) is 44.8 Å². The third kappa shape index (κ3) is 7.24. The lowest BCUT2D eigenvalue weighted by Gasteiger charge is -2.59. The average molecular weight is 931 g/mol. The molecular weight excluding hydrogens is 889 g/mol.